The molecule has 1 rings (SSSR count). The molecule has 1 aromatic rings. The van der Waals surface area contributed by atoms with Gasteiger partial charge in [-0.1, -0.05) is 18.7 Å². The second-order valence-electron chi connectivity index (χ2n) is 4.92. The maximum absolute atomic E-state index is 5.80. The molecule has 0 aliphatic heterocycles. The first-order chi connectivity index (χ1) is 9.96. The molecule has 0 aliphatic rings. The van der Waals surface area contributed by atoms with Crippen LogP contribution in [0.4, 0.5) is 0 Å². The summed E-state index contributed by atoms with van der Waals surface area (Å²) < 4.78 is 22.6. The molecule has 0 fully saturated rings. The van der Waals surface area contributed by atoms with Crippen molar-refractivity contribution in [3.63, 3.8) is 0 Å². The zero-order valence-corrected chi connectivity index (χ0v) is 13.6. The number of rotatable bonds is 9. The van der Waals surface area contributed by atoms with E-state index in [1.165, 1.54) is 0 Å². The van der Waals surface area contributed by atoms with Gasteiger partial charge >= 0.3 is 0 Å². The standard InChI is InChI=1S/C17H26O4/c1-7-15-9-10-16(21-14(6)19-12(3)4)17(11-15)20-13(5)18-8-2/h7,9-14H,1,8H2,2-6H3. The summed E-state index contributed by atoms with van der Waals surface area (Å²) in [5.74, 6) is 1.24. The number of ether oxygens (including phenoxy) is 4. The normalized spacial score (nSPS) is 13.8. The van der Waals surface area contributed by atoms with Gasteiger partial charge < -0.3 is 18.9 Å². The second-order valence-corrected chi connectivity index (χ2v) is 4.92. The van der Waals surface area contributed by atoms with E-state index in [9.17, 15) is 0 Å². The van der Waals surface area contributed by atoms with Crippen LogP contribution in [-0.4, -0.2) is 25.3 Å². The van der Waals surface area contributed by atoms with Crippen LogP contribution in [0.25, 0.3) is 6.08 Å². The Morgan fingerprint density at radius 3 is 2.29 bits per heavy atom. The fourth-order valence-electron chi connectivity index (χ4n) is 1.88. The SMILES string of the molecule is C=Cc1ccc(OC(C)OC(C)C)c(OC(C)OCC)c1. The minimum absolute atomic E-state index is 0.0964. The van der Waals surface area contributed by atoms with Gasteiger partial charge in [0.25, 0.3) is 0 Å². The van der Waals surface area contributed by atoms with Gasteiger partial charge in [0.15, 0.2) is 24.1 Å². The zero-order valence-electron chi connectivity index (χ0n) is 13.6. The van der Waals surface area contributed by atoms with Crippen molar-refractivity contribution in [1.29, 1.82) is 0 Å². The van der Waals surface area contributed by atoms with Crippen molar-refractivity contribution >= 4 is 6.08 Å². The lowest BCUT2D eigenvalue weighted by molar-refractivity contribution is -0.100. The molecule has 2 unspecified atom stereocenters. The smallest absolute Gasteiger partial charge is 0.197 e. The Morgan fingerprint density at radius 2 is 1.71 bits per heavy atom. The molecule has 118 valence electrons. The maximum Gasteiger partial charge on any atom is 0.197 e. The summed E-state index contributed by atoms with van der Waals surface area (Å²) in [6.45, 7) is 13.9. The summed E-state index contributed by atoms with van der Waals surface area (Å²) >= 11 is 0. The summed E-state index contributed by atoms with van der Waals surface area (Å²) in [4.78, 5) is 0. The third-order valence-electron chi connectivity index (χ3n) is 2.65. The van der Waals surface area contributed by atoms with Gasteiger partial charge in [-0.3, -0.25) is 0 Å². The van der Waals surface area contributed by atoms with Crippen LogP contribution in [0.15, 0.2) is 24.8 Å². The number of hydrogen-bond donors (Lipinski definition) is 0. The van der Waals surface area contributed by atoms with Crippen LogP contribution >= 0.6 is 0 Å². The first-order valence-electron chi connectivity index (χ1n) is 7.33. The summed E-state index contributed by atoms with van der Waals surface area (Å²) in [6.07, 6.45) is 1.15. The molecule has 0 radical (unpaired) electrons. The van der Waals surface area contributed by atoms with E-state index in [-0.39, 0.29) is 18.7 Å². The summed E-state index contributed by atoms with van der Waals surface area (Å²) in [5.41, 5.74) is 0.957. The average Bonchev–Trinajstić information content (AvgIpc) is 2.40. The van der Waals surface area contributed by atoms with Gasteiger partial charge in [-0.25, -0.2) is 0 Å². The van der Waals surface area contributed by atoms with Gasteiger partial charge in [-0.05, 0) is 52.3 Å². The van der Waals surface area contributed by atoms with Gasteiger partial charge in [0.2, 0.25) is 0 Å². The second kappa shape index (κ2) is 8.70. The molecule has 0 saturated heterocycles. The van der Waals surface area contributed by atoms with Gasteiger partial charge in [-0.2, -0.15) is 0 Å². The third kappa shape index (κ3) is 6.19. The van der Waals surface area contributed by atoms with Gasteiger partial charge in [-0.15, -0.1) is 0 Å². The molecule has 1 aromatic carbocycles. The van der Waals surface area contributed by atoms with E-state index in [1.807, 2.05) is 52.8 Å². The molecule has 0 aliphatic carbocycles. The highest BCUT2D eigenvalue weighted by molar-refractivity contribution is 5.54. The minimum Gasteiger partial charge on any atom is -0.461 e. The van der Waals surface area contributed by atoms with Gasteiger partial charge in [0, 0.05) is 6.61 Å². The first-order valence-corrected chi connectivity index (χ1v) is 7.33. The lowest BCUT2D eigenvalue weighted by Crippen LogP contribution is -2.22. The third-order valence-corrected chi connectivity index (χ3v) is 2.65. The van der Waals surface area contributed by atoms with Crippen LogP contribution in [0.1, 0.15) is 40.2 Å². The van der Waals surface area contributed by atoms with Crippen molar-refractivity contribution in [1.82, 2.24) is 0 Å². The van der Waals surface area contributed by atoms with Crippen molar-refractivity contribution in [2.45, 2.75) is 53.3 Å². The van der Waals surface area contributed by atoms with Crippen molar-refractivity contribution in [3.05, 3.63) is 30.3 Å². The van der Waals surface area contributed by atoms with Crippen molar-refractivity contribution in [3.8, 4) is 11.5 Å². The fraction of sp³-hybridized carbons (Fsp3) is 0.529. The Kier molecular flexibility index (Phi) is 7.26. The van der Waals surface area contributed by atoms with E-state index in [1.54, 1.807) is 6.08 Å². The summed E-state index contributed by atoms with van der Waals surface area (Å²) in [7, 11) is 0. The molecule has 0 spiro atoms. The number of hydrogen-bond acceptors (Lipinski definition) is 4. The molecule has 4 nitrogen and oxygen atoms in total. The molecule has 21 heavy (non-hydrogen) atoms. The molecular weight excluding hydrogens is 268 g/mol. The highest BCUT2D eigenvalue weighted by atomic mass is 16.7. The summed E-state index contributed by atoms with van der Waals surface area (Å²) in [6, 6.07) is 5.65. The molecule has 0 amide bonds. The molecular formula is C17H26O4. The zero-order chi connectivity index (χ0) is 15.8. The molecule has 2 atom stereocenters. The van der Waals surface area contributed by atoms with Crippen molar-refractivity contribution in [2.24, 2.45) is 0 Å². The predicted octanol–water partition coefficient (Wildman–Crippen LogP) is 4.24. The number of benzene rings is 1. The Hall–Kier alpha value is -1.52. The van der Waals surface area contributed by atoms with Crippen molar-refractivity contribution in [2.75, 3.05) is 6.61 Å². The van der Waals surface area contributed by atoms with Gasteiger partial charge in [0.05, 0.1) is 6.10 Å². The lowest BCUT2D eigenvalue weighted by atomic mass is 10.2. The van der Waals surface area contributed by atoms with Crippen LogP contribution in [0.3, 0.4) is 0 Å². The Bertz CT molecular complexity index is 442. The Morgan fingerprint density at radius 1 is 1.05 bits per heavy atom. The Balaban J connectivity index is 2.88. The summed E-state index contributed by atoms with van der Waals surface area (Å²) in [5, 5.41) is 0. The lowest BCUT2D eigenvalue weighted by Gasteiger charge is -2.22. The topological polar surface area (TPSA) is 36.9 Å². The van der Waals surface area contributed by atoms with Gasteiger partial charge in [0.1, 0.15) is 0 Å². The monoisotopic (exact) mass is 294 g/mol. The van der Waals surface area contributed by atoms with Crippen molar-refractivity contribution < 1.29 is 18.9 Å². The average molecular weight is 294 g/mol. The van der Waals surface area contributed by atoms with E-state index in [4.69, 9.17) is 18.9 Å². The fourth-order valence-corrected chi connectivity index (χ4v) is 1.88. The quantitative estimate of drug-likeness (QED) is 0.638. The van der Waals surface area contributed by atoms with Crippen LogP contribution in [-0.2, 0) is 9.47 Å². The minimum atomic E-state index is -0.357. The van der Waals surface area contributed by atoms with Crippen LogP contribution in [0.2, 0.25) is 0 Å². The van der Waals surface area contributed by atoms with Crippen LogP contribution < -0.4 is 9.47 Å². The van der Waals surface area contributed by atoms with Crippen LogP contribution in [0.5, 0.6) is 11.5 Å². The van der Waals surface area contributed by atoms with E-state index in [0.29, 0.717) is 18.1 Å². The molecule has 0 saturated carbocycles. The molecule has 0 aromatic heterocycles. The highest BCUT2D eigenvalue weighted by Crippen LogP contribution is 2.31. The van der Waals surface area contributed by atoms with E-state index < -0.39 is 0 Å². The molecule has 0 N–H and O–H groups in total. The highest BCUT2D eigenvalue weighted by Gasteiger charge is 2.14. The first kappa shape index (κ1) is 17.5. The maximum atomic E-state index is 5.80. The molecule has 4 heteroatoms. The largest absolute Gasteiger partial charge is 0.461 e. The Labute approximate surface area is 127 Å². The molecule has 0 heterocycles. The van der Waals surface area contributed by atoms with Crippen LogP contribution in [0, 0.1) is 0 Å². The van der Waals surface area contributed by atoms with E-state index >= 15 is 0 Å². The van der Waals surface area contributed by atoms with E-state index in [0.717, 1.165) is 5.56 Å². The molecule has 0 bridgehead atoms. The predicted molar refractivity (Wildman–Crippen MR) is 84.6 cm³/mol. The van der Waals surface area contributed by atoms with E-state index in [2.05, 4.69) is 6.58 Å².